The van der Waals surface area contributed by atoms with Crippen LogP contribution in [0.4, 0.5) is 4.79 Å². The van der Waals surface area contributed by atoms with Crippen LogP contribution in [0, 0.1) is 28.6 Å². The van der Waals surface area contributed by atoms with Gasteiger partial charge < -0.3 is 24.5 Å². The molecule has 5 fully saturated rings. The van der Waals surface area contributed by atoms with Gasteiger partial charge >= 0.3 is 11.7 Å². The van der Waals surface area contributed by atoms with E-state index in [0.29, 0.717) is 24.9 Å². The lowest BCUT2D eigenvalue weighted by molar-refractivity contribution is -0.205. The molecule has 8 nitrogen and oxygen atoms in total. The molecule has 0 spiro atoms. The smallest absolute Gasteiger partial charge is 0.407 e. The first-order chi connectivity index (χ1) is 19.0. The molecule has 1 aromatic rings. The normalized spacial score (nSPS) is 41.4. The zero-order valence-corrected chi connectivity index (χ0v) is 24.3. The van der Waals surface area contributed by atoms with E-state index < -0.39 is 5.60 Å². The topological polar surface area (TPSA) is 109 Å². The molecule has 8 heteroatoms. The lowest BCUT2D eigenvalue weighted by atomic mass is 9.43. The number of carbonyl (C=O) groups is 2. The molecule has 2 amide bonds. The van der Waals surface area contributed by atoms with Gasteiger partial charge in [0.15, 0.2) is 0 Å². The molecule has 4 saturated carbocycles. The van der Waals surface area contributed by atoms with Crippen LogP contribution >= 0.6 is 0 Å². The molecule has 5 aliphatic rings. The highest BCUT2D eigenvalue weighted by Gasteiger charge is 2.67. The van der Waals surface area contributed by atoms with E-state index in [1.165, 1.54) is 6.07 Å². The molecule has 1 saturated heterocycles. The van der Waals surface area contributed by atoms with Crippen molar-refractivity contribution >= 4 is 12.0 Å². The van der Waals surface area contributed by atoms with Crippen molar-refractivity contribution in [2.24, 2.45) is 28.6 Å². The number of fused-ring (bicyclic) bond motifs is 5. The second-order valence-electron chi connectivity index (χ2n) is 14.1. The third-order valence-corrected chi connectivity index (χ3v) is 12.5. The van der Waals surface area contributed by atoms with Gasteiger partial charge in [-0.2, -0.15) is 0 Å². The van der Waals surface area contributed by atoms with Crippen molar-refractivity contribution in [2.45, 2.75) is 115 Å². The molecule has 0 aromatic carbocycles. The Labute approximate surface area is 237 Å². The number of nitrogens with zero attached hydrogens (tertiary/aromatic N) is 1. The highest BCUT2D eigenvalue weighted by Crippen LogP contribution is 2.70. The van der Waals surface area contributed by atoms with Crippen LogP contribution < -0.4 is 10.9 Å². The summed E-state index contributed by atoms with van der Waals surface area (Å²) >= 11 is 0. The van der Waals surface area contributed by atoms with E-state index in [-0.39, 0.29) is 52.4 Å². The van der Waals surface area contributed by atoms with Crippen LogP contribution in [0.15, 0.2) is 27.6 Å². The first kappa shape index (κ1) is 27.8. The van der Waals surface area contributed by atoms with E-state index in [1.807, 2.05) is 11.0 Å². The van der Waals surface area contributed by atoms with Crippen molar-refractivity contribution in [3.05, 3.63) is 34.4 Å². The Bertz CT molecular complexity index is 1170. The lowest BCUT2D eigenvalue weighted by Crippen LogP contribution is -2.62. The maximum absolute atomic E-state index is 12.8. The molecule has 4 aliphatic carbocycles. The van der Waals surface area contributed by atoms with E-state index in [9.17, 15) is 19.5 Å². The molecule has 40 heavy (non-hydrogen) atoms. The van der Waals surface area contributed by atoms with Crippen LogP contribution in [0.25, 0.3) is 0 Å². The average molecular weight is 555 g/mol. The summed E-state index contributed by atoms with van der Waals surface area (Å²) in [6.07, 6.45) is 11.4. The quantitative estimate of drug-likeness (QED) is 0.545. The minimum Gasteiger partial charge on any atom is -0.446 e. The van der Waals surface area contributed by atoms with Gasteiger partial charge in [0.2, 0.25) is 5.91 Å². The van der Waals surface area contributed by atoms with Crippen LogP contribution in [0.3, 0.4) is 0 Å². The predicted octanol–water partition coefficient (Wildman–Crippen LogP) is 4.99. The van der Waals surface area contributed by atoms with Crippen LogP contribution in [0.5, 0.6) is 0 Å². The number of ether oxygens (including phenoxy) is 1. The molecule has 8 unspecified atom stereocenters. The van der Waals surface area contributed by atoms with Gasteiger partial charge in [-0.3, -0.25) is 4.79 Å². The molecule has 6 rings (SSSR count). The van der Waals surface area contributed by atoms with Crippen molar-refractivity contribution in [1.29, 1.82) is 0 Å². The molecule has 1 aromatic heterocycles. The Hall–Kier alpha value is -2.35. The zero-order valence-electron chi connectivity index (χ0n) is 24.3. The first-order valence-corrected chi connectivity index (χ1v) is 15.6. The van der Waals surface area contributed by atoms with Gasteiger partial charge in [-0.15, -0.1) is 0 Å². The van der Waals surface area contributed by atoms with Gasteiger partial charge in [0.05, 0.1) is 11.9 Å². The first-order valence-electron chi connectivity index (χ1n) is 15.6. The maximum Gasteiger partial charge on any atom is 0.407 e. The second-order valence-corrected chi connectivity index (χ2v) is 14.1. The number of nitrogens with one attached hydrogen (secondary N) is 1. The van der Waals surface area contributed by atoms with Crippen LogP contribution in [-0.4, -0.2) is 52.8 Å². The third kappa shape index (κ3) is 4.49. The van der Waals surface area contributed by atoms with Crippen molar-refractivity contribution in [3.8, 4) is 0 Å². The summed E-state index contributed by atoms with van der Waals surface area (Å²) in [5, 5.41) is 15.5. The Kier molecular flexibility index (Phi) is 7.07. The van der Waals surface area contributed by atoms with Crippen molar-refractivity contribution in [2.75, 3.05) is 13.1 Å². The van der Waals surface area contributed by atoms with Gasteiger partial charge in [-0.05, 0) is 111 Å². The summed E-state index contributed by atoms with van der Waals surface area (Å²) in [6.45, 7) is 7.67. The van der Waals surface area contributed by atoms with Gasteiger partial charge in [0.25, 0.3) is 0 Å². The standard InChI is InChI=1S/C32H46N2O6/c1-20(35)34-16-11-23(12-17-34)33-29(37)40-24-8-13-30(2)22(18-24)5-6-27-26(30)9-14-31(3)25(10-15-32(27,31)38)21-4-7-28(36)39-19-21/h4,7,19,22-27,38H,5-6,8-18H2,1-3H3,(H,33,37). The highest BCUT2D eigenvalue weighted by molar-refractivity contribution is 5.73. The highest BCUT2D eigenvalue weighted by atomic mass is 16.6. The molecule has 220 valence electrons. The molecule has 2 heterocycles. The Morgan fingerprint density at radius 1 is 1.00 bits per heavy atom. The summed E-state index contributed by atoms with van der Waals surface area (Å²) < 4.78 is 11.2. The molecular formula is C32H46N2O6. The fraction of sp³-hybridized carbons (Fsp3) is 0.781. The third-order valence-electron chi connectivity index (χ3n) is 12.5. The van der Waals surface area contributed by atoms with Crippen LogP contribution in [0.2, 0.25) is 0 Å². The molecule has 1 aliphatic heterocycles. The van der Waals surface area contributed by atoms with Gasteiger partial charge in [-0.1, -0.05) is 13.8 Å². The van der Waals surface area contributed by atoms with E-state index in [2.05, 4.69) is 19.2 Å². The number of piperidine rings is 1. The number of aliphatic hydroxyl groups is 1. The minimum absolute atomic E-state index is 0.0619. The van der Waals surface area contributed by atoms with Gasteiger partial charge in [0.1, 0.15) is 6.10 Å². The van der Waals surface area contributed by atoms with Crippen LogP contribution in [0.1, 0.15) is 103 Å². The van der Waals surface area contributed by atoms with Crippen molar-refractivity contribution in [3.63, 3.8) is 0 Å². The molecule has 8 atom stereocenters. The summed E-state index contributed by atoms with van der Waals surface area (Å²) in [5.41, 5.74) is -0.0829. The summed E-state index contributed by atoms with van der Waals surface area (Å²) in [5.74, 6) is 1.53. The van der Waals surface area contributed by atoms with Crippen molar-refractivity contribution < 1.29 is 23.8 Å². The predicted molar refractivity (Wildman–Crippen MR) is 150 cm³/mol. The minimum atomic E-state index is -0.712. The molecule has 0 bridgehead atoms. The van der Waals surface area contributed by atoms with Gasteiger partial charge in [-0.25, -0.2) is 9.59 Å². The molecular weight excluding hydrogens is 508 g/mol. The Balaban J connectivity index is 1.09. The van der Waals surface area contributed by atoms with E-state index in [4.69, 9.17) is 9.15 Å². The van der Waals surface area contributed by atoms with Crippen molar-refractivity contribution in [1.82, 2.24) is 10.2 Å². The van der Waals surface area contributed by atoms with E-state index in [1.54, 1.807) is 13.2 Å². The van der Waals surface area contributed by atoms with Crippen LogP contribution in [-0.2, 0) is 9.53 Å². The Morgan fingerprint density at radius 3 is 2.48 bits per heavy atom. The number of rotatable bonds is 3. The lowest BCUT2D eigenvalue weighted by Gasteiger charge is -2.63. The van der Waals surface area contributed by atoms with Gasteiger partial charge in [0, 0.05) is 37.5 Å². The Morgan fingerprint density at radius 2 is 1.77 bits per heavy atom. The number of carbonyl (C=O) groups excluding carboxylic acids is 2. The monoisotopic (exact) mass is 554 g/mol. The number of likely N-dealkylation sites (tertiary alicyclic amines) is 1. The molecule has 0 radical (unpaired) electrons. The van der Waals surface area contributed by atoms with E-state index in [0.717, 1.165) is 76.2 Å². The second kappa shape index (κ2) is 10.2. The average Bonchev–Trinajstić information content (AvgIpc) is 3.20. The fourth-order valence-electron chi connectivity index (χ4n) is 10.1. The molecule has 2 N–H and O–H groups in total. The summed E-state index contributed by atoms with van der Waals surface area (Å²) in [4.78, 5) is 37.7. The maximum atomic E-state index is 12.8. The number of amides is 2. The largest absolute Gasteiger partial charge is 0.446 e. The summed E-state index contributed by atoms with van der Waals surface area (Å²) in [7, 11) is 0. The number of alkyl carbamates (subject to hydrolysis) is 1. The zero-order chi connectivity index (χ0) is 28.3. The number of hydrogen-bond donors (Lipinski definition) is 2. The summed E-state index contributed by atoms with van der Waals surface area (Å²) in [6, 6.07) is 3.46. The number of hydrogen-bond acceptors (Lipinski definition) is 6. The SMILES string of the molecule is CC(=O)N1CCC(NC(=O)OC2CCC3(C)C(CCC4C3CCC3(C)C(c5ccc(=O)oc5)CCC43O)C2)CC1. The fourth-order valence-corrected chi connectivity index (χ4v) is 10.1. The van der Waals surface area contributed by atoms with E-state index >= 15 is 0 Å².